The van der Waals surface area contributed by atoms with Crippen LogP contribution in [0.2, 0.25) is 0 Å². The number of nitrogens with zero attached hydrogens (tertiary/aromatic N) is 5. The Labute approximate surface area is 252 Å². The van der Waals surface area contributed by atoms with Crippen molar-refractivity contribution in [3.63, 3.8) is 0 Å². The number of halogens is 3. The zero-order chi connectivity index (χ0) is 30.9. The zero-order valence-electron chi connectivity index (χ0n) is 25.6. The molecule has 1 aromatic carbocycles. The Morgan fingerprint density at radius 3 is 2.53 bits per heavy atom. The minimum Gasteiger partial charge on any atom is -0.372 e. The number of morpholine rings is 1. The van der Waals surface area contributed by atoms with Crippen LogP contribution in [0.3, 0.4) is 0 Å². The van der Waals surface area contributed by atoms with Gasteiger partial charge in [0.1, 0.15) is 17.8 Å². The van der Waals surface area contributed by atoms with E-state index in [-0.39, 0.29) is 48.6 Å². The van der Waals surface area contributed by atoms with Gasteiger partial charge < -0.3 is 19.9 Å². The van der Waals surface area contributed by atoms with E-state index in [0.717, 1.165) is 24.6 Å². The first-order valence-electron chi connectivity index (χ1n) is 15.2. The summed E-state index contributed by atoms with van der Waals surface area (Å²) in [6, 6.07) is 2.33. The number of rotatable bonds is 7. The molecule has 2 aliphatic heterocycles. The molecule has 2 fully saturated rings. The summed E-state index contributed by atoms with van der Waals surface area (Å²) in [6.45, 7) is 12.0. The lowest BCUT2D eigenvalue weighted by Gasteiger charge is -2.45. The molecular formula is C32H43F3N6O2. The normalized spacial score (nSPS) is 26.6. The number of hydrogen-bond acceptors (Lipinski definition) is 5. The number of alkyl halides is 1. The Morgan fingerprint density at radius 1 is 1.16 bits per heavy atom. The van der Waals surface area contributed by atoms with Gasteiger partial charge in [0.2, 0.25) is 0 Å². The lowest BCUT2D eigenvalue weighted by molar-refractivity contribution is -0.0621. The number of allylic oxidation sites excluding steroid dienone is 4. The average Bonchev–Trinajstić information content (AvgIpc) is 3.54. The molecule has 6 atom stereocenters. The maximum atomic E-state index is 15.1. The van der Waals surface area contributed by atoms with Crippen LogP contribution in [-0.2, 0) is 11.3 Å². The van der Waals surface area contributed by atoms with Crippen molar-refractivity contribution in [2.24, 2.45) is 17.3 Å². The number of ether oxygens (including phenoxy) is 1. The highest BCUT2D eigenvalue weighted by Gasteiger charge is 2.44. The number of carbonyl (C=O) groups is 1. The minimum atomic E-state index is -1.10. The van der Waals surface area contributed by atoms with Gasteiger partial charge in [-0.1, -0.05) is 45.1 Å². The van der Waals surface area contributed by atoms with Crippen LogP contribution in [0.4, 0.5) is 18.0 Å². The summed E-state index contributed by atoms with van der Waals surface area (Å²) >= 11 is 0. The fourth-order valence-corrected chi connectivity index (χ4v) is 6.40. The van der Waals surface area contributed by atoms with Crippen molar-refractivity contribution < 1.29 is 22.7 Å². The molecule has 0 bridgehead atoms. The first kappa shape index (κ1) is 31.3. The summed E-state index contributed by atoms with van der Waals surface area (Å²) in [5, 5.41) is 7.83. The van der Waals surface area contributed by atoms with Gasteiger partial charge in [0, 0.05) is 51.1 Å². The fourth-order valence-electron chi connectivity index (χ4n) is 6.40. The molecule has 43 heavy (non-hydrogen) atoms. The second-order valence-electron chi connectivity index (χ2n) is 13.2. The van der Waals surface area contributed by atoms with Crippen molar-refractivity contribution >= 4 is 6.03 Å². The predicted octanol–water partition coefficient (Wildman–Crippen LogP) is 5.53. The molecule has 3 heterocycles. The number of urea groups is 1. The van der Waals surface area contributed by atoms with E-state index < -0.39 is 35.2 Å². The Morgan fingerprint density at radius 2 is 1.91 bits per heavy atom. The average molecular weight is 601 g/mol. The van der Waals surface area contributed by atoms with Gasteiger partial charge in [-0.25, -0.2) is 27.6 Å². The van der Waals surface area contributed by atoms with Gasteiger partial charge in [0.25, 0.3) is 0 Å². The molecule has 0 radical (unpaired) electrons. The van der Waals surface area contributed by atoms with Crippen molar-refractivity contribution in [2.45, 2.75) is 72.0 Å². The van der Waals surface area contributed by atoms with Crippen molar-refractivity contribution in [1.82, 2.24) is 29.9 Å². The molecule has 2 aromatic rings. The molecular weight excluding hydrogens is 557 g/mol. The number of carbonyl (C=O) groups excluding carboxylic acids is 1. The summed E-state index contributed by atoms with van der Waals surface area (Å²) < 4.78 is 52.0. The predicted molar refractivity (Wildman–Crippen MR) is 159 cm³/mol. The minimum absolute atomic E-state index is 0.0449. The SMILES string of the molecule is C[C@@H]1CN(C(=O)N(C[C@@H]2CNC[C@@H]2F)[C@@H](c2nc(-c3cc(F)ccc3F)nn2CC2C=CC=CC2)C(C)(C)C)C[C@H](C)O1. The molecule has 2 amide bonds. The molecule has 234 valence electrons. The fraction of sp³-hybridized carbons (Fsp3) is 0.594. The molecule has 8 nitrogen and oxygen atoms in total. The quantitative estimate of drug-likeness (QED) is 0.453. The second kappa shape index (κ2) is 12.8. The van der Waals surface area contributed by atoms with Crippen LogP contribution in [0.5, 0.6) is 0 Å². The van der Waals surface area contributed by atoms with Crippen LogP contribution >= 0.6 is 0 Å². The molecule has 2 saturated heterocycles. The molecule has 5 rings (SSSR count). The van der Waals surface area contributed by atoms with Crippen molar-refractivity contribution in [1.29, 1.82) is 0 Å². The maximum Gasteiger partial charge on any atom is 0.320 e. The molecule has 1 aromatic heterocycles. The number of hydrogen-bond donors (Lipinski definition) is 1. The first-order valence-corrected chi connectivity index (χ1v) is 15.2. The second-order valence-corrected chi connectivity index (χ2v) is 13.2. The molecule has 1 unspecified atom stereocenters. The smallest absolute Gasteiger partial charge is 0.320 e. The molecule has 0 spiro atoms. The summed E-state index contributed by atoms with van der Waals surface area (Å²) in [6.07, 6.45) is 7.49. The number of benzene rings is 1. The maximum absolute atomic E-state index is 15.1. The lowest BCUT2D eigenvalue weighted by atomic mass is 9.84. The van der Waals surface area contributed by atoms with Crippen LogP contribution < -0.4 is 5.32 Å². The van der Waals surface area contributed by atoms with Gasteiger partial charge in [0.15, 0.2) is 11.6 Å². The summed E-state index contributed by atoms with van der Waals surface area (Å²) in [4.78, 5) is 22.8. The van der Waals surface area contributed by atoms with Crippen LogP contribution in [0.1, 0.15) is 52.9 Å². The molecule has 1 aliphatic carbocycles. The van der Waals surface area contributed by atoms with E-state index in [1.54, 1.807) is 14.5 Å². The van der Waals surface area contributed by atoms with Crippen LogP contribution in [0.15, 0.2) is 42.5 Å². The zero-order valence-corrected chi connectivity index (χ0v) is 25.6. The lowest BCUT2D eigenvalue weighted by Crippen LogP contribution is -2.56. The topological polar surface area (TPSA) is 75.5 Å². The number of aromatic nitrogens is 3. The van der Waals surface area contributed by atoms with E-state index in [0.29, 0.717) is 32.0 Å². The van der Waals surface area contributed by atoms with Gasteiger partial charge in [-0.2, -0.15) is 5.10 Å². The van der Waals surface area contributed by atoms with Gasteiger partial charge in [-0.15, -0.1) is 0 Å². The summed E-state index contributed by atoms with van der Waals surface area (Å²) in [5.74, 6) is -1.05. The summed E-state index contributed by atoms with van der Waals surface area (Å²) in [7, 11) is 0. The van der Waals surface area contributed by atoms with Gasteiger partial charge in [-0.3, -0.25) is 0 Å². The summed E-state index contributed by atoms with van der Waals surface area (Å²) in [5.41, 5.74) is -0.633. The highest BCUT2D eigenvalue weighted by molar-refractivity contribution is 5.75. The van der Waals surface area contributed by atoms with Crippen molar-refractivity contribution in [2.75, 3.05) is 32.7 Å². The highest BCUT2D eigenvalue weighted by atomic mass is 19.1. The van der Waals surface area contributed by atoms with E-state index in [2.05, 4.69) is 17.5 Å². The Kier molecular flexibility index (Phi) is 9.31. The van der Waals surface area contributed by atoms with Crippen LogP contribution in [0, 0.1) is 28.9 Å². The third-order valence-corrected chi connectivity index (χ3v) is 8.35. The Bertz CT molecular complexity index is 1350. The number of amides is 2. The van der Waals surface area contributed by atoms with Crippen LogP contribution in [0.25, 0.3) is 11.4 Å². The van der Waals surface area contributed by atoms with E-state index >= 15 is 4.39 Å². The van der Waals surface area contributed by atoms with Gasteiger partial charge >= 0.3 is 6.03 Å². The molecule has 3 aliphatic rings. The molecule has 11 heteroatoms. The first-order chi connectivity index (χ1) is 20.4. The van der Waals surface area contributed by atoms with E-state index in [4.69, 9.17) is 14.8 Å². The third-order valence-electron chi connectivity index (χ3n) is 8.35. The highest BCUT2D eigenvalue weighted by Crippen LogP contribution is 2.40. The molecule has 0 saturated carbocycles. The Hall–Kier alpha value is -3.18. The van der Waals surface area contributed by atoms with Crippen molar-refractivity contribution in [3.05, 3.63) is 60.0 Å². The van der Waals surface area contributed by atoms with Gasteiger partial charge in [0.05, 0.1) is 23.8 Å². The van der Waals surface area contributed by atoms with E-state index in [1.807, 2.05) is 46.8 Å². The number of nitrogens with one attached hydrogen (secondary N) is 1. The third kappa shape index (κ3) is 7.15. The molecule has 1 N–H and O–H groups in total. The van der Waals surface area contributed by atoms with E-state index in [9.17, 15) is 13.6 Å². The monoisotopic (exact) mass is 600 g/mol. The largest absolute Gasteiger partial charge is 0.372 e. The van der Waals surface area contributed by atoms with E-state index in [1.165, 1.54) is 0 Å². The van der Waals surface area contributed by atoms with Gasteiger partial charge in [-0.05, 0) is 43.9 Å². The van der Waals surface area contributed by atoms with Crippen LogP contribution in [-0.4, -0.2) is 81.7 Å². The standard InChI is InChI=1S/C32H43F3N6O2/c1-20-16-39(17-21(2)43-20)31(42)40(19-23-14-36-15-27(23)35)28(32(3,4)5)30-37-29(25-13-24(33)11-12-26(25)34)38-41(30)18-22-9-7-6-8-10-22/h6-9,11-13,20-23,27-28,36H,10,14-19H2,1-5H3/t20-,21+,22?,23-,27-,28-/m0/s1. The van der Waals surface area contributed by atoms with Crippen molar-refractivity contribution in [3.8, 4) is 11.4 Å². The Balaban J connectivity index is 1.62.